The highest BCUT2D eigenvalue weighted by Crippen LogP contribution is 2.44. The number of nitrogens with one attached hydrogen (secondary N) is 2. The second kappa shape index (κ2) is 7.98. The summed E-state index contributed by atoms with van der Waals surface area (Å²) >= 11 is 1.40. The Balaban J connectivity index is 1.34. The molecule has 2 amide bonds. The monoisotopic (exact) mass is 486 g/mol. The smallest absolute Gasteiger partial charge is 0.250 e. The molecule has 0 radical (unpaired) electrons. The van der Waals surface area contributed by atoms with Crippen molar-refractivity contribution < 1.29 is 9.59 Å². The number of benzene rings is 2. The maximum absolute atomic E-state index is 13.8. The van der Waals surface area contributed by atoms with Crippen LogP contribution in [0.15, 0.2) is 59.9 Å². The molecule has 2 N–H and O–H groups in total. The van der Waals surface area contributed by atoms with Gasteiger partial charge in [-0.3, -0.25) is 19.1 Å². The molecular weight excluding hydrogens is 460 g/mol. The first-order valence-electron chi connectivity index (χ1n) is 11.8. The number of carbonyl (C=O) groups excluding carboxylic acids is 2. The van der Waals surface area contributed by atoms with Gasteiger partial charge in [-0.2, -0.15) is 0 Å². The molecule has 6 rings (SSSR count). The Morgan fingerprint density at radius 3 is 2.66 bits per heavy atom. The predicted molar refractivity (Wildman–Crippen MR) is 138 cm³/mol. The number of H-pyrrole nitrogens is 1. The molecule has 3 heterocycles. The molecule has 2 aliphatic rings. The summed E-state index contributed by atoms with van der Waals surface area (Å²) in [6, 6.07) is 15.9. The van der Waals surface area contributed by atoms with Crippen LogP contribution in [0.3, 0.4) is 0 Å². The Labute approximate surface area is 207 Å². The number of hydrogen-bond acceptors (Lipinski definition) is 5. The van der Waals surface area contributed by atoms with Crippen LogP contribution in [0.1, 0.15) is 39.7 Å². The molecule has 35 heavy (non-hydrogen) atoms. The van der Waals surface area contributed by atoms with Crippen molar-refractivity contribution in [3.05, 3.63) is 54.7 Å². The fraction of sp³-hybridized carbons (Fsp3) is 0.308. The average Bonchev–Trinajstić information content (AvgIpc) is 3.46. The van der Waals surface area contributed by atoms with Crippen molar-refractivity contribution in [1.29, 1.82) is 0 Å². The van der Waals surface area contributed by atoms with Crippen molar-refractivity contribution in [3.63, 3.8) is 0 Å². The third kappa shape index (κ3) is 3.53. The van der Waals surface area contributed by atoms with Crippen LogP contribution < -0.4 is 10.2 Å². The van der Waals surface area contributed by atoms with Gasteiger partial charge < -0.3 is 10.3 Å². The molecule has 0 bridgehead atoms. The maximum Gasteiger partial charge on any atom is 0.250 e. The summed E-state index contributed by atoms with van der Waals surface area (Å²) in [6.45, 7) is 5.42. The van der Waals surface area contributed by atoms with Crippen molar-refractivity contribution >= 4 is 45.9 Å². The maximum atomic E-state index is 13.8. The lowest BCUT2D eigenvalue weighted by Gasteiger charge is -2.43. The number of anilines is 2. The van der Waals surface area contributed by atoms with E-state index in [0.717, 1.165) is 40.3 Å². The van der Waals surface area contributed by atoms with Crippen LogP contribution in [-0.2, 0) is 9.59 Å². The van der Waals surface area contributed by atoms with E-state index < -0.39 is 10.8 Å². The highest BCUT2D eigenvalue weighted by atomic mass is 32.2. The highest BCUT2D eigenvalue weighted by molar-refractivity contribution is 8.00. The second-order valence-electron chi connectivity index (χ2n) is 9.62. The zero-order valence-electron chi connectivity index (χ0n) is 19.8. The summed E-state index contributed by atoms with van der Waals surface area (Å²) in [4.78, 5) is 31.6. The van der Waals surface area contributed by atoms with Gasteiger partial charge in [-0.05, 0) is 51.8 Å². The van der Waals surface area contributed by atoms with E-state index in [4.69, 9.17) is 0 Å². The zero-order chi connectivity index (χ0) is 24.3. The van der Waals surface area contributed by atoms with E-state index in [1.54, 1.807) is 18.7 Å². The quantitative estimate of drug-likeness (QED) is 0.387. The second-order valence-corrected chi connectivity index (χ2v) is 10.9. The lowest BCUT2D eigenvalue weighted by Crippen LogP contribution is -2.60. The Kier molecular flexibility index (Phi) is 5.00. The van der Waals surface area contributed by atoms with E-state index >= 15 is 0 Å². The number of rotatable bonds is 5. The molecule has 2 aromatic heterocycles. The van der Waals surface area contributed by atoms with Gasteiger partial charge in [-0.1, -0.05) is 42.1 Å². The van der Waals surface area contributed by atoms with Crippen LogP contribution in [0.5, 0.6) is 0 Å². The fourth-order valence-corrected chi connectivity index (χ4v) is 5.66. The first kappa shape index (κ1) is 21.9. The lowest BCUT2D eigenvalue weighted by molar-refractivity contribution is -0.126. The highest BCUT2D eigenvalue weighted by Gasteiger charge is 2.45. The van der Waals surface area contributed by atoms with Gasteiger partial charge in [0.15, 0.2) is 11.0 Å². The first-order valence-corrected chi connectivity index (χ1v) is 12.7. The summed E-state index contributed by atoms with van der Waals surface area (Å²) in [5.74, 6) is 0.473. The van der Waals surface area contributed by atoms with Crippen molar-refractivity contribution in [2.45, 2.75) is 55.6 Å². The van der Waals surface area contributed by atoms with Crippen LogP contribution in [0.4, 0.5) is 11.4 Å². The topological polar surface area (TPSA) is 95.9 Å². The number of amides is 2. The molecule has 0 saturated heterocycles. The van der Waals surface area contributed by atoms with Crippen LogP contribution in [0.2, 0.25) is 0 Å². The summed E-state index contributed by atoms with van der Waals surface area (Å²) in [7, 11) is 0. The summed E-state index contributed by atoms with van der Waals surface area (Å²) in [5.41, 5.74) is 2.39. The van der Waals surface area contributed by atoms with E-state index in [2.05, 4.69) is 31.1 Å². The van der Waals surface area contributed by atoms with Crippen molar-refractivity contribution in [2.75, 3.05) is 10.2 Å². The number of carbonyl (C=O) groups is 2. The first-order chi connectivity index (χ1) is 16.9. The van der Waals surface area contributed by atoms with Gasteiger partial charge in [0, 0.05) is 28.7 Å². The molecular formula is C26H26N6O2S. The van der Waals surface area contributed by atoms with Gasteiger partial charge in [-0.25, -0.2) is 0 Å². The van der Waals surface area contributed by atoms with Crippen LogP contribution >= 0.6 is 11.8 Å². The molecule has 1 atom stereocenters. The van der Waals surface area contributed by atoms with Gasteiger partial charge in [-0.15, -0.1) is 10.2 Å². The van der Waals surface area contributed by atoms with Crippen LogP contribution in [0.25, 0.3) is 22.3 Å². The van der Waals surface area contributed by atoms with E-state index in [9.17, 15) is 9.59 Å². The van der Waals surface area contributed by atoms with Crippen molar-refractivity contribution in [1.82, 2.24) is 19.7 Å². The molecule has 1 aliphatic carbocycles. The number of aromatic amines is 1. The standard InChI is InChI=1S/C26H26N6O2S/c1-15(23(33)32-21-11-7-6-10-20(21)28-24(34)26(32,2)3)35-25-30-29-22(31(25)16-12-13-16)18-14-27-19-9-5-4-8-17(18)19/h4-11,14-16,27H,12-13H2,1-3H3,(H,28,34). The number of para-hydroxylation sites is 3. The molecule has 2 aromatic carbocycles. The molecule has 9 heteroatoms. The van der Waals surface area contributed by atoms with Gasteiger partial charge in [0.25, 0.3) is 0 Å². The molecule has 8 nitrogen and oxygen atoms in total. The van der Waals surface area contributed by atoms with Crippen LogP contribution in [0, 0.1) is 0 Å². The minimum absolute atomic E-state index is 0.138. The van der Waals surface area contributed by atoms with Gasteiger partial charge in [0.05, 0.1) is 16.6 Å². The zero-order valence-corrected chi connectivity index (χ0v) is 20.6. The molecule has 0 spiro atoms. The average molecular weight is 487 g/mol. The summed E-state index contributed by atoms with van der Waals surface area (Å²) in [6.07, 6.45) is 4.11. The number of fused-ring (bicyclic) bond motifs is 2. The third-order valence-corrected chi connectivity index (χ3v) is 7.81. The van der Waals surface area contributed by atoms with E-state index in [1.165, 1.54) is 11.8 Å². The Morgan fingerprint density at radius 1 is 1.11 bits per heavy atom. The Bertz CT molecular complexity index is 1470. The van der Waals surface area contributed by atoms with Crippen molar-refractivity contribution in [2.24, 2.45) is 0 Å². The number of nitrogens with zero attached hydrogens (tertiary/aromatic N) is 4. The molecule has 1 aliphatic heterocycles. The minimum atomic E-state index is -1.01. The number of hydrogen-bond donors (Lipinski definition) is 2. The van der Waals surface area contributed by atoms with Gasteiger partial charge in [0.2, 0.25) is 11.8 Å². The fourth-order valence-electron chi connectivity index (χ4n) is 4.70. The summed E-state index contributed by atoms with van der Waals surface area (Å²) < 4.78 is 2.17. The molecule has 178 valence electrons. The minimum Gasteiger partial charge on any atom is -0.360 e. The third-order valence-electron chi connectivity index (χ3n) is 6.76. The van der Waals surface area contributed by atoms with E-state index in [0.29, 0.717) is 17.4 Å². The predicted octanol–water partition coefficient (Wildman–Crippen LogP) is 5.01. The van der Waals surface area contributed by atoms with Crippen LogP contribution in [-0.4, -0.2) is 42.4 Å². The van der Waals surface area contributed by atoms with E-state index in [-0.39, 0.29) is 11.8 Å². The summed E-state index contributed by atoms with van der Waals surface area (Å²) in [5, 5.41) is 13.3. The molecule has 1 fully saturated rings. The number of thioether (sulfide) groups is 1. The Morgan fingerprint density at radius 2 is 1.86 bits per heavy atom. The van der Waals surface area contributed by atoms with Gasteiger partial charge >= 0.3 is 0 Å². The molecule has 1 unspecified atom stereocenters. The molecule has 1 saturated carbocycles. The SMILES string of the molecule is CC(Sc1nnc(-c2c[nH]c3ccccc23)n1C1CC1)C(=O)N1c2ccccc2NC(=O)C1(C)C. The van der Waals surface area contributed by atoms with Crippen molar-refractivity contribution in [3.8, 4) is 11.4 Å². The normalized spacial score (nSPS) is 17.8. The largest absolute Gasteiger partial charge is 0.360 e. The van der Waals surface area contributed by atoms with Gasteiger partial charge in [0.1, 0.15) is 5.54 Å². The van der Waals surface area contributed by atoms with E-state index in [1.807, 2.05) is 55.6 Å². The Hall–Kier alpha value is -3.59. The lowest BCUT2D eigenvalue weighted by atomic mass is 9.96. The molecule has 4 aromatic rings. The number of aromatic nitrogens is 4.